The number of azo groups is 2. The number of nitrogens with zero attached hydrogens (tertiary/aromatic N) is 6. The van der Waals surface area contributed by atoms with Gasteiger partial charge in [0.25, 0.3) is 0 Å². The molecule has 0 amide bonds. The van der Waals surface area contributed by atoms with E-state index in [0.717, 1.165) is 21.8 Å². The number of aromatic nitrogens is 2. The van der Waals surface area contributed by atoms with Crippen LogP contribution >= 0.6 is 0 Å². The fourth-order valence-electron chi connectivity index (χ4n) is 3.75. The Labute approximate surface area is 246 Å². The molecule has 0 aliphatic rings. The Hall–Kier alpha value is -5.28. The van der Waals surface area contributed by atoms with E-state index in [1.807, 2.05) is 48.5 Å². The smallest absolute Gasteiger partial charge is 0.146 e. The molecule has 0 spiro atoms. The van der Waals surface area contributed by atoms with Crippen LogP contribution in [-0.4, -0.2) is 30.4 Å². The first kappa shape index (κ1) is 28.7. The number of phenolic OH excluding ortho intramolecular Hbond substituents is 4. The SMILES string of the molecule is Oc1ccc(N=Nc2cccc3cccnc23)c(O)c1.Oc1ccc(N=Nc2cccc3cccnc23)c(O)c1.[Zn]. The van der Waals surface area contributed by atoms with Gasteiger partial charge in [-0.2, -0.15) is 0 Å². The third-order valence-electron chi connectivity index (χ3n) is 5.67. The summed E-state index contributed by atoms with van der Waals surface area (Å²) in [7, 11) is 0. The van der Waals surface area contributed by atoms with Crippen molar-refractivity contribution in [3.05, 3.63) is 109 Å². The monoisotopic (exact) mass is 594 g/mol. The van der Waals surface area contributed by atoms with Gasteiger partial charge in [-0.05, 0) is 48.5 Å². The van der Waals surface area contributed by atoms with Gasteiger partial charge in [0.1, 0.15) is 45.7 Å². The Balaban J connectivity index is 0.000000184. The Morgan fingerprint density at radius 3 is 1.24 bits per heavy atom. The molecule has 198 valence electrons. The maximum Gasteiger partial charge on any atom is 0.146 e. The van der Waals surface area contributed by atoms with Crippen LogP contribution in [0, 0.1) is 0 Å². The van der Waals surface area contributed by atoms with Crippen molar-refractivity contribution in [1.29, 1.82) is 0 Å². The van der Waals surface area contributed by atoms with Crippen molar-refractivity contribution >= 4 is 44.6 Å². The second-order valence-electron chi connectivity index (χ2n) is 8.45. The molecule has 2 aromatic heterocycles. The average molecular weight is 596 g/mol. The molecule has 0 bridgehead atoms. The van der Waals surface area contributed by atoms with E-state index in [9.17, 15) is 20.4 Å². The Bertz CT molecular complexity index is 1730. The number of aromatic hydroxyl groups is 4. The molecule has 0 fully saturated rings. The van der Waals surface area contributed by atoms with Crippen LogP contribution in [0.25, 0.3) is 21.8 Å². The van der Waals surface area contributed by atoms with Gasteiger partial charge in [0.2, 0.25) is 0 Å². The van der Waals surface area contributed by atoms with Crippen molar-refractivity contribution in [2.24, 2.45) is 20.5 Å². The predicted molar refractivity (Wildman–Crippen MR) is 151 cm³/mol. The molecule has 4 N–H and O–H groups in total. The van der Waals surface area contributed by atoms with Crippen molar-refractivity contribution in [3.63, 3.8) is 0 Å². The van der Waals surface area contributed by atoms with E-state index in [1.165, 1.54) is 36.4 Å². The number of benzene rings is 4. The van der Waals surface area contributed by atoms with Crippen LogP contribution in [0.5, 0.6) is 23.0 Å². The molecule has 11 heteroatoms. The molecular formula is C30H22N6O4Zn. The van der Waals surface area contributed by atoms with Gasteiger partial charge in [-0.3, -0.25) is 9.97 Å². The van der Waals surface area contributed by atoms with Gasteiger partial charge < -0.3 is 20.4 Å². The Morgan fingerprint density at radius 1 is 0.439 bits per heavy atom. The van der Waals surface area contributed by atoms with Gasteiger partial charge in [0, 0.05) is 54.8 Å². The number of pyridine rings is 2. The van der Waals surface area contributed by atoms with Crippen LogP contribution in [0.1, 0.15) is 0 Å². The largest absolute Gasteiger partial charge is 0.508 e. The van der Waals surface area contributed by atoms with Gasteiger partial charge in [-0.15, -0.1) is 20.5 Å². The fraction of sp³-hybridized carbons (Fsp3) is 0. The minimum atomic E-state index is -0.123. The number of fused-ring (bicyclic) bond motifs is 2. The normalized spacial score (nSPS) is 10.9. The zero-order chi connectivity index (χ0) is 27.9. The van der Waals surface area contributed by atoms with Crippen molar-refractivity contribution in [2.75, 3.05) is 0 Å². The molecule has 6 rings (SSSR count). The van der Waals surface area contributed by atoms with E-state index >= 15 is 0 Å². The predicted octanol–water partition coefficient (Wildman–Crippen LogP) is 8.12. The summed E-state index contributed by atoms with van der Waals surface area (Å²) in [4.78, 5) is 8.55. The summed E-state index contributed by atoms with van der Waals surface area (Å²) in [5, 5.41) is 55.9. The molecule has 0 radical (unpaired) electrons. The van der Waals surface area contributed by atoms with Crippen molar-refractivity contribution in [2.45, 2.75) is 0 Å². The molecule has 6 aromatic rings. The minimum Gasteiger partial charge on any atom is -0.508 e. The van der Waals surface area contributed by atoms with E-state index in [4.69, 9.17) is 0 Å². The van der Waals surface area contributed by atoms with Crippen molar-refractivity contribution < 1.29 is 39.9 Å². The van der Waals surface area contributed by atoms with Gasteiger partial charge in [0.15, 0.2) is 0 Å². The zero-order valence-corrected chi connectivity index (χ0v) is 24.5. The molecular weight excluding hydrogens is 574 g/mol. The molecule has 0 atom stereocenters. The van der Waals surface area contributed by atoms with E-state index in [0.29, 0.717) is 11.4 Å². The van der Waals surface area contributed by atoms with Crippen LogP contribution in [0.4, 0.5) is 22.7 Å². The van der Waals surface area contributed by atoms with E-state index in [1.54, 1.807) is 24.5 Å². The van der Waals surface area contributed by atoms with Crippen LogP contribution in [-0.2, 0) is 19.5 Å². The van der Waals surface area contributed by atoms with Crippen LogP contribution in [0.2, 0.25) is 0 Å². The van der Waals surface area contributed by atoms with Gasteiger partial charge in [0.05, 0.1) is 11.0 Å². The summed E-state index contributed by atoms with van der Waals surface area (Å²) in [6.45, 7) is 0. The van der Waals surface area contributed by atoms with Gasteiger partial charge >= 0.3 is 0 Å². The van der Waals surface area contributed by atoms with E-state index in [-0.39, 0.29) is 53.9 Å². The fourth-order valence-corrected chi connectivity index (χ4v) is 3.75. The summed E-state index contributed by atoms with van der Waals surface area (Å²) in [6, 6.07) is 27.1. The third kappa shape index (κ3) is 7.03. The summed E-state index contributed by atoms with van der Waals surface area (Å²) < 4.78 is 0. The van der Waals surface area contributed by atoms with Gasteiger partial charge in [-0.25, -0.2) is 0 Å². The molecule has 0 unspecified atom stereocenters. The van der Waals surface area contributed by atoms with Gasteiger partial charge in [-0.1, -0.05) is 36.4 Å². The molecule has 2 heterocycles. The number of rotatable bonds is 4. The Morgan fingerprint density at radius 2 is 0.829 bits per heavy atom. The second kappa shape index (κ2) is 13.2. The zero-order valence-electron chi connectivity index (χ0n) is 21.6. The standard InChI is InChI=1S/2C15H11N3O2.Zn/c2*19-11-6-7-12(14(20)9-11)17-18-13-5-1-3-10-4-2-8-16-15(10)13;/h2*1-9,19-20H;. The third-order valence-corrected chi connectivity index (χ3v) is 5.67. The summed E-state index contributed by atoms with van der Waals surface area (Å²) in [6.07, 6.45) is 3.39. The second-order valence-corrected chi connectivity index (χ2v) is 8.45. The molecule has 0 aliphatic carbocycles. The summed E-state index contributed by atoms with van der Waals surface area (Å²) in [5.74, 6) is -0.287. The first-order valence-electron chi connectivity index (χ1n) is 12.0. The number of para-hydroxylation sites is 2. The molecule has 0 saturated heterocycles. The molecule has 41 heavy (non-hydrogen) atoms. The first-order chi connectivity index (χ1) is 19.5. The number of hydrogen-bond donors (Lipinski definition) is 4. The summed E-state index contributed by atoms with van der Waals surface area (Å²) in [5.41, 5.74) is 3.31. The van der Waals surface area contributed by atoms with Crippen molar-refractivity contribution in [3.8, 4) is 23.0 Å². The average Bonchev–Trinajstić information content (AvgIpc) is 2.97. The molecule has 4 aromatic carbocycles. The van der Waals surface area contributed by atoms with Crippen LogP contribution in [0.15, 0.2) is 130 Å². The molecule has 0 saturated carbocycles. The minimum absolute atomic E-state index is 0. The number of hydrogen-bond acceptors (Lipinski definition) is 10. The van der Waals surface area contributed by atoms with Crippen LogP contribution < -0.4 is 0 Å². The van der Waals surface area contributed by atoms with Crippen molar-refractivity contribution in [1.82, 2.24) is 9.97 Å². The summed E-state index contributed by atoms with van der Waals surface area (Å²) >= 11 is 0. The van der Waals surface area contributed by atoms with E-state index < -0.39 is 0 Å². The maximum absolute atomic E-state index is 9.65. The Kier molecular flexibility index (Phi) is 9.24. The first-order valence-corrected chi connectivity index (χ1v) is 12.0. The molecule has 10 nitrogen and oxygen atoms in total. The maximum atomic E-state index is 9.65. The van der Waals surface area contributed by atoms with Crippen LogP contribution in [0.3, 0.4) is 0 Å². The molecule has 0 aliphatic heterocycles. The number of phenols is 4. The quantitative estimate of drug-likeness (QED) is 0.119. The topological polar surface area (TPSA) is 156 Å². The van der Waals surface area contributed by atoms with E-state index in [2.05, 4.69) is 30.4 Å².